The van der Waals surface area contributed by atoms with Gasteiger partial charge in [0.05, 0.1) is 12.1 Å². The molecule has 3 rings (SSSR count). The van der Waals surface area contributed by atoms with E-state index in [1.807, 2.05) is 11.8 Å². The molecule has 2 aliphatic heterocycles. The normalized spacial score (nSPS) is 21.0. The van der Waals surface area contributed by atoms with Crippen LogP contribution in [-0.4, -0.2) is 70.8 Å². The predicted molar refractivity (Wildman–Crippen MR) is 144 cm³/mol. The molecule has 0 spiro atoms. The number of benzene rings is 1. The molecule has 224 valence electrons. The van der Waals surface area contributed by atoms with Crippen LogP contribution in [0.1, 0.15) is 66.9 Å². The van der Waals surface area contributed by atoms with Crippen LogP contribution < -0.4 is 21.3 Å². The number of urea groups is 1. The molecule has 0 aromatic heterocycles. The van der Waals surface area contributed by atoms with E-state index in [0.717, 1.165) is 49.3 Å². The van der Waals surface area contributed by atoms with Gasteiger partial charge in [-0.1, -0.05) is 23.7 Å². The Hall–Kier alpha value is -3.65. The van der Waals surface area contributed by atoms with Crippen molar-refractivity contribution in [2.75, 3.05) is 12.3 Å². The largest absolute Gasteiger partial charge is 0.480 e. The van der Waals surface area contributed by atoms with Gasteiger partial charge in [0, 0.05) is 34.4 Å². The first-order chi connectivity index (χ1) is 19.5. The third-order valence-electron chi connectivity index (χ3n) is 6.89. The van der Waals surface area contributed by atoms with Gasteiger partial charge in [0.15, 0.2) is 6.04 Å². The van der Waals surface area contributed by atoms with Crippen LogP contribution in [0.3, 0.4) is 0 Å². The van der Waals surface area contributed by atoms with Gasteiger partial charge in [-0.25, -0.2) is 9.59 Å². The van der Waals surface area contributed by atoms with Crippen LogP contribution in [0.15, 0.2) is 29.4 Å². The van der Waals surface area contributed by atoms with Crippen LogP contribution in [0.5, 0.6) is 0 Å². The van der Waals surface area contributed by atoms with Crippen LogP contribution in [0.4, 0.5) is 18.0 Å². The van der Waals surface area contributed by atoms with Gasteiger partial charge in [0.25, 0.3) is 5.91 Å². The molecule has 1 aromatic carbocycles. The Morgan fingerprint density at radius 1 is 1.15 bits per heavy atom. The molecule has 16 heteroatoms. The van der Waals surface area contributed by atoms with E-state index in [1.54, 1.807) is 0 Å². The van der Waals surface area contributed by atoms with Crippen molar-refractivity contribution in [3.8, 4) is 0 Å². The summed E-state index contributed by atoms with van der Waals surface area (Å²) in [7, 11) is 0. The van der Waals surface area contributed by atoms with E-state index < -0.39 is 30.1 Å². The molecule has 2 fully saturated rings. The first kappa shape index (κ1) is 31.9. The minimum Gasteiger partial charge on any atom is -0.480 e. The summed E-state index contributed by atoms with van der Waals surface area (Å²) < 4.78 is 39.2. The lowest BCUT2D eigenvalue weighted by Gasteiger charge is -2.17. The number of aliphatic carboxylic acids is 1. The van der Waals surface area contributed by atoms with Gasteiger partial charge in [-0.15, -0.1) is 0 Å². The standard InChI is InChI=1S/C25H32F3N7O5S/c26-25(27,28)21(34-35-29)14-8-10-15(11-9-14)22(37)31-16(23(38)39)5-3-4-12-30-19(36)7-2-1-6-18-20-17(13-41-18)32-24(40)33-20/h8-11,16-18,20-21H,1-7,12-13H2,(H,30,36)(H,31,37)(H,38,39)(H2,32,33,40)/t16-,17-,18-,20-,21?/m0/s1. The number of carboxylic acids is 1. The number of carbonyl (C=O) groups excluding carboxylic acids is 3. The molecule has 2 heterocycles. The number of halogens is 3. The topological polar surface area (TPSA) is 185 Å². The van der Waals surface area contributed by atoms with Gasteiger partial charge in [0.2, 0.25) is 5.91 Å². The monoisotopic (exact) mass is 599 g/mol. The highest BCUT2D eigenvalue weighted by molar-refractivity contribution is 8.00. The number of hydrogen-bond donors (Lipinski definition) is 5. The van der Waals surface area contributed by atoms with Crippen LogP contribution >= 0.6 is 11.8 Å². The molecule has 1 unspecified atom stereocenters. The van der Waals surface area contributed by atoms with E-state index in [4.69, 9.17) is 5.53 Å². The summed E-state index contributed by atoms with van der Waals surface area (Å²) in [5.74, 6) is -1.25. The van der Waals surface area contributed by atoms with Crippen LogP contribution in [0, 0.1) is 0 Å². The number of amides is 4. The quantitative estimate of drug-likeness (QED) is 0.0671. The van der Waals surface area contributed by atoms with Crippen molar-refractivity contribution in [3.63, 3.8) is 0 Å². The summed E-state index contributed by atoms with van der Waals surface area (Å²) in [6.07, 6.45) is -0.954. The fraction of sp³-hybridized carbons (Fsp3) is 0.600. The number of carboxylic acid groups (broad SMARTS) is 1. The maximum atomic E-state index is 13.1. The molecule has 5 N–H and O–H groups in total. The Balaban J connectivity index is 1.32. The van der Waals surface area contributed by atoms with Gasteiger partial charge >= 0.3 is 18.2 Å². The van der Waals surface area contributed by atoms with Crippen molar-refractivity contribution in [2.45, 2.75) is 80.5 Å². The van der Waals surface area contributed by atoms with E-state index in [1.165, 1.54) is 0 Å². The first-order valence-electron chi connectivity index (χ1n) is 13.2. The van der Waals surface area contributed by atoms with Gasteiger partial charge < -0.3 is 26.4 Å². The fourth-order valence-corrected chi connectivity index (χ4v) is 6.30. The Morgan fingerprint density at radius 2 is 1.88 bits per heavy atom. The molecule has 1 aromatic rings. The molecular formula is C25H32F3N7O5S. The number of nitrogens with one attached hydrogen (secondary N) is 4. The van der Waals surface area contributed by atoms with E-state index in [-0.39, 0.29) is 41.6 Å². The highest BCUT2D eigenvalue weighted by atomic mass is 32.2. The van der Waals surface area contributed by atoms with Crippen molar-refractivity contribution in [1.29, 1.82) is 0 Å². The predicted octanol–water partition coefficient (Wildman–Crippen LogP) is 3.80. The maximum Gasteiger partial charge on any atom is 0.401 e. The number of thioether (sulfide) groups is 1. The Bertz CT molecular complexity index is 1150. The first-order valence-corrected chi connectivity index (χ1v) is 14.2. The molecule has 0 bridgehead atoms. The number of carbonyl (C=O) groups is 4. The Morgan fingerprint density at radius 3 is 2.54 bits per heavy atom. The summed E-state index contributed by atoms with van der Waals surface area (Å²) in [5, 5.41) is 23.6. The van der Waals surface area contributed by atoms with Gasteiger partial charge in [0.1, 0.15) is 6.04 Å². The van der Waals surface area contributed by atoms with E-state index in [0.29, 0.717) is 31.1 Å². The zero-order valence-corrected chi connectivity index (χ0v) is 22.8. The highest BCUT2D eigenvalue weighted by Gasteiger charge is 2.42. The van der Waals surface area contributed by atoms with E-state index in [2.05, 4.69) is 31.3 Å². The molecular weight excluding hydrogens is 567 g/mol. The van der Waals surface area contributed by atoms with Gasteiger partial charge in [-0.3, -0.25) is 9.59 Å². The minimum atomic E-state index is -4.81. The van der Waals surface area contributed by atoms with Crippen molar-refractivity contribution in [3.05, 3.63) is 45.8 Å². The third-order valence-corrected chi connectivity index (χ3v) is 8.40. The molecule has 12 nitrogen and oxygen atoms in total. The third kappa shape index (κ3) is 9.46. The fourth-order valence-electron chi connectivity index (χ4n) is 4.75. The number of fused-ring (bicyclic) bond motifs is 1. The van der Waals surface area contributed by atoms with Crippen molar-refractivity contribution in [1.82, 2.24) is 21.3 Å². The summed E-state index contributed by atoms with van der Waals surface area (Å²) in [5.41, 5.74) is 7.99. The van der Waals surface area contributed by atoms with Crippen LogP contribution in [-0.2, 0) is 9.59 Å². The molecule has 41 heavy (non-hydrogen) atoms. The summed E-state index contributed by atoms with van der Waals surface area (Å²) in [6, 6.07) is 0.742. The SMILES string of the molecule is [N-]=[N+]=NC(c1ccc(C(=O)N[C@@H](CCCCNC(=O)CCCC[C@@H]2SC[C@@H]3NC(=O)N[C@@H]32)C(=O)O)cc1)C(F)(F)F. The Labute approximate surface area is 238 Å². The molecule has 2 aliphatic rings. The second-order valence-corrected chi connectivity index (χ2v) is 11.1. The van der Waals surface area contributed by atoms with Crippen LogP contribution in [0.2, 0.25) is 0 Å². The minimum absolute atomic E-state index is 0.0508. The van der Waals surface area contributed by atoms with Gasteiger partial charge in [-0.2, -0.15) is 24.9 Å². The van der Waals surface area contributed by atoms with Gasteiger partial charge in [-0.05, 0) is 55.3 Å². The van der Waals surface area contributed by atoms with E-state index >= 15 is 0 Å². The molecule has 0 radical (unpaired) electrons. The molecule has 5 atom stereocenters. The molecule has 2 saturated heterocycles. The number of hydrogen-bond acceptors (Lipinski definition) is 6. The van der Waals surface area contributed by atoms with Crippen molar-refractivity contribution in [2.24, 2.45) is 5.11 Å². The number of azide groups is 1. The smallest absolute Gasteiger partial charge is 0.401 e. The van der Waals surface area contributed by atoms with E-state index in [9.17, 15) is 37.5 Å². The zero-order chi connectivity index (χ0) is 30.0. The van der Waals surface area contributed by atoms with Crippen molar-refractivity contribution < 1.29 is 37.5 Å². The average molecular weight is 600 g/mol. The number of alkyl halides is 3. The second kappa shape index (κ2) is 14.8. The van der Waals surface area contributed by atoms with Crippen molar-refractivity contribution >= 4 is 35.6 Å². The zero-order valence-electron chi connectivity index (χ0n) is 22.0. The summed E-state index contributed by atoms with van der Waals surface area (Å²) in [4.78, 5) is 49.8. The number of nitrogens with zero attached hydrogens (tertiary/aromatic N) is 3. The Kier molecular flexibility index (Phi) is 11.5. The lowest BCUT2D eigenvalue weighted by Crippen LogP contribution is -2.40. The summed E-state index contributed by atoms with van der Waals surface area (Å²) >= 11 is 1.83. The number of rotatable bonds is 15. The molecule has 4 amide bonds. The average Bonchev–Trinajstić information content (AvgIpc) is 3.47. The molecule has 0 aliphatic carbocycles. The van der Waals surface area contributed by atoms with Crippen LogP contribution in [0.25, 0.3) is 10.4 Å². The maximum absolute atomic E-state index is 13.1. The lowest BCUT2D eigenvalue weighted by molar-refractivity contribution is -0.149. The lowest BCUT2D eigenvalue weighted by atomic mass is 10.0. The molecule has 0 saturated carbocycles. The summed E-state index contributed by atoms with van der Waals surface area (Å²) in [6.45, 7) is 0.353. The highest BCUT2D eigenvalue weighted by Crippen LogP contribution is 2.36. The number of unbranched alkanes of at least 4 members (excludes halogenated alkanes) is 2. The second-order valence-electron chi connectivity index (χ2n) is 9.85.